The molecule has 0 aliphatic carbocycles. The molecule has 0 bridgehead atoms. The summed E-state index contributed by atoms with van der Waals surface area (Å²) in [4.78, 5) is 24.7. The standard InChI is InChI=1S/C28H36FN5OS/c1-20-18-21(2)26-25(19-20)36-28(31-26)34-12-8-22(9-13-34)27(35)30-10-3-11-32-14-16-33(17-15-32)24-6-4-23(29)5-7-24/h4-7,18-19,22H,3,8-17H2,1-2H3,(H,30,35). The third-order valence-corrected chi connectivity index (χ3v) is 8.53. The molecule has 2 fully saturated rings. The van der Waals surface area contributed by atoms with Gasteiger partial charge in [-0.25, -0.2) is 9.37 Å². The smallest absolute Gasteiger partial charge is 0.223 e. The summed E-state index contributed by atoms with van der Waals surface area (Å²) < 4.78 is 14.4. The molecule has 1 aromatic heterocycles. The van der Waals surface area contributed by atoms with E-state index in [9.17, 15) is 9.18 Å². The number of amides is 1. The zero-order chi connectivity index (χ0) is 25.1. The molecule has 0 unspecified atom stereocenters. The van der Waals surface area contributed by atoms with Crippen molar-refractivity contribution in [3.05, 3.63) is 53.3 Å². The average molecular weight is 510 g/mol. The van der Waals surface area contributed by atoms with Crippen molar-refractivity contribution in [3.63, 3.8) is 0 Å². The second kappa shape index (κ2) is 11.1. The third kappa shape index (κ3) is 5.81. The lowest BCUT2D eigenvalue weighted by Crippen LogP contribution is -2.47. The molecule has 3 aromatic rings. The number of benzene rings is 2. The highest BCUT2D eigenvalue weighted by Gasteiger charge is 2.26. The molecule has 2 aliphatic heterocycles. The van der Waals surface area contributed by atoms with Crippen LogP contribution in [-0.2, 0) is 4.79 Å². The second-order valence-electron chi connectivity index (χ2n) is 10.1. The van der Waals surface area contributed by atoms with Crippen molar-refractivity contribution < 1.29 is 9.18 Å². The van der Waals surface area contributed by atoms with Crippen molar-refractivity contribution in [2.45, 2.75) is 33.1 Å². The van der Waals surface area contributed by atoms with Crippen molar-refractivity contribution in [3.8, 4) is 0 Å². The molecule has 2 aliphatic rings. The highest BCUT2D eigenvalue weighted by atomic mass is 32.1. The van der Waals surface area contributed by atoms with Gasteiger partial charge in [-0.2, -0.15) is 0 Å². The topological polar surface area (TPSA) is 51.7 Å². The Morgan fingerprint density at radius 3 is 2.47 bits per heavy atom. The second-order valence-corrected chi connectivity index (χ2v) is 11.1. The van der Waals surface area contributed by atoms with Gasteiger partial charge >= 0.3 is 0 Å². The maximum absolute atomic E-state index is 13.2. The Labute approximate surface area is 217 Å². The van der Waals surface area contributed by atoms with Crippen LogP contribution in [0.15, 0.2) is 36.4 Å². The SMILES string of the molecule is Cc1cc(C)c2nc(N3CCC(C(=O)NCCCN4CCN(c5ccc(F)cc5)CC4)CC3)sc2c1. The largest absolute Gasteiger partial charge is 0.369 e. The number of thiazole rings is 1. The number of piperazine rings is 1. The lowest BCUT2D eigenvalue weighted by atomic mass is 9.96. The minimum atomic E-state index is -0.191. The number of fused-ring (bicyclic) bond motifs is 1. The molecular weight excluding hydrogens is 473 g/mol. The molecule has 1 N–H and O–H groups in total. The van der Waals surface area contributed by atoms with Gasteiger partial charge in [0.15, 0.2) is 5.13 Å². The average Bonchev–Trinajstić information content (AvgIpc) is 3.32. The first-order valence-corrected chi connectivity index (χ1v) is 13.9. The van der Waals surface area contributed by atoms with Crippen LogP contribution in [-0.4, -0.2) is 68.1 Å². The van der Waals surface area contributed by atoms with Gasteiger partial charge in [-0.1, -0.05) is 17.4 Å². The molecule has 0 saturated carbocycles. The minimum absolute atomic E-state index is 0.0962. The van der Waals surface area contributed by atoms with E-state index in [2.05, 4.69) is 46.0 Å². The van der Waals surface area contributed by atoms with Gasteiger partial charge < -0.3 is 15.1 Å². The van der Waals surface area contributed by atoms with Crippen molar-refractivity contribution in [2.24, 2.45) is 5.92 Å². The fourth-order valence-electron chi connectivity index (χ4n) is 5.37. The first-order valence-electron chi connectivity index (χ1n) is 13.1. The monoisotopic (exact) mass is 509 g/mol. The third-order valence-electron chi connectivity index (χ3n) is 7.47. The fourth-order valence-corrected chi connectivity index (χ4v) is 6.56. The highest BCUT2D eigenvalue weighted by molar-refractivity contribution is 7.22. The summed E-state index contributed by atoms with van der Waals surface area (Å²) in [5.74, 6) is 0.105. The number of anilines is 2. The first kappa shape index (κ1) is 25.0. The molecule has 8 heteroatoms. The predicted octanol–water partition coefficient (Wildman–Crippen LogP) is 4.60. The van der Waals surface area contributed by atoms with E-state index < -0.39 is 0 Å². The van der Waals surface area contributed by atoms with Crippen molar-refractivity contribution in [1.82, 2.24) is 15.2 Å². The zero-order valence-electron chi connectivity index (χ0n) is 21.3. The van der Waals surface area contributed by atoms with Crippen LogP contribution in [0.3, 0.4) is 0 Å². The van der Waals surface area contributed by atoms with Crippen LogP contribution in [0.25, 0.3) is 10.2 Å². The number of halogens is 1. The van der Waals surface area contributed by atoms with Crippen LogP contribution in [0.1, 0.15) is 30.4 Å². The van der Waals surface area contributed by atoms with Gasteiger partial charge in [-0.15, -0.1) is 0 Å². The summed E-state index contributed by atoms with van der Waals surface area (Å²) in [5, 5.41) is 4.26. The van der Waals surface area contributed by atoms with Crippen LogP contribution in [0.2, 0.25) is 0 Å². The van der Waals surface area contributed by atoms with Gasteiger partial charge in [0.2, 0.25) is 5.91 Å². The first-order chi connectivity index (χ1) is 17.5. The number of hydrogen-bond acceptors (Lipinski definition) is 6. The van der Waals surface area contributed by atoms with E-state index in [1.165, 1.54) is 28.0 Å². The van der Waals surface area contributed by atoms with Crippen LogP contribution >= 0.6 is 11.3 Å². The summed E-state index contributed by atoms with van der Waals surface area (Å²) in [7, 11) is 0. The van der Waals surface area contributed by atoms with Gasteiger partial charge in [-0.05, 0) is 81.1 Å². The van der Waals surface area contributed by atoms with Gasteiger partial charge in [0, 0.05) is 57.4 Å². The number of nitrogens with zero attached hydrogens (tertiary/aromatic N) is 4. The normalized spacial score (nSPS) is 17.6. The molecule has 6 nitrogen and oxygen atoms in total. The van der Waals surface area contributed by atoms with Crippen molar-refractivity contribution >= 4 is 38.3 Å². The number of nitrogens with one attached hydrogen (secondary N) is 1. The summed E-state index contributed by atoms with van der Waals surface area (Å²) in [5.41, 5.74) is 4.70. The molecule has 192 valence electrons. The van der Waals surface area contributed by atoms with Crippen molar-refractivity contribution in [2.75, 3.05) is 62.2 Å². The molecular formula is C28H36FN5OS. The van der Waals surface area contributed by atoms with E-state index in [4.69, 9.17) is 4.98 Å². The molecule has 0 atom stereocenters. The number of aromatic nitrogens is 1. The summed E-state index contributed by atoms with van der Waals surface area (Å²) >= 11 is 1.76. The van der Waals surface area contributed by atoms with Crippen LogP contribution in [0, 0.1) is 25.6 Å². The molecule has 2 aromatic carbocycles. The van der Waals surface area contributed by atoms with Gasteiger partial charge in [0.05, 0.1) is 10.2 Å². The Morgan fingerprint density at radius 2 is 1.75 bits per heavy atom. The van der Waals surface area contributed by atoms with Gasteiger partial charge in [-0.3, -0.25) is 9.69 Å². The van der Waals surface area contributed by atoms with E-state index >= 15 is 0 Å². The van der Waals surface area contributed by atoms with Crippen LogP contribution < -0.4 is 15.1 Å². The number of aryl methyl sites for hydroxylation is 2. The molecule has 0 spiro atoms. The van der Waals surface area contributed by atoms with E-state index in [-0.39, 0.29) is 17.6 Å². The maximum Gasteiger partial charge on any atom is 0.223 e. The zero-order valence-corrected chi connectivity index (χ0v) is 22.1. The molecule has 1 amide bonds. The van der Waals surface area contributed by atoms with Gasteiger partial charge in [0.1, 0.15) is 5.82 Å². The predicted molar refractivity (Wildman–Crippen MR) is 147 cm³/mol. The number of hydrogen-bond donors (Lipinski definition) is 1. The Kier molecular flexibility index (Phi) is 7.72. The van der Waals surface area contributed by atoms with E-state index in [1.54, 1.807) is 11.3 Å². The number of carbonyl (C=O) groups is 1. The Hall–Kier alpha value is -2.71. The lowest BCUT2D eigenvalue weighted by Gasteiger charge is -2.36. The Balaban J connectivity index is 1.00. The molecule has 36 heavy (non-hydrogen) atoms. The van der Waals surface area contributed by atoms with E-state index in [0.717, 1.165) is 88.0 Å². The molecule has 0 radical (unpaired) electrons. The van der Waals surface area contributed by atoms with E-state index in [0.29, 0.717) is 0 Å². The quantitative estimate of drug-likeness (QED) is 0.472. The van der Waals surface area contributed by atoms with Crippen LogP contribution in [0.5, 0.6) is 0 Å². The number of rotatable bonds is 7. The lowest BCUT2D eigenvalue weighted by molar-refractivity contribution is -0.125. The highest BCUT2D eigenvalue weighted by Crippen LogP contribution is 2.33. The summed E-state index contributed by atoms with van der Waals surface area (Å²) in [6.45, 7) is 11.6. The Bertz CT molecular complexity index is 1180. The Morgan fingerprint density at radius 1 is 1.03 bits per heavy atom. The van der Waals surface area contributed by atoms with Crippen molar-refractivity contribution in [1.29, 1.82) is 0 Å². The van der Waals surface area contributed by atoms with Gasteiger partial charge in [0.25, 0.3) is 0 Å². The van der Waals surface area contributed by atoms with Crippen LogP contribution in [0.4, 0.5) is 15.2 Å². The number of piperidine rings is 1. The minimum Gasteiger partial charge on any atom is -0.369 e. The fraction of sp³-hybridized carbons (Fsp3) is 0.500. The van der Waals surface area contributed by atoms with E-state index in [1.807, 2.05) is 12.1 Å². The summed E-state index contributed by atoms with van der Waals surface area (Å²) in [6.07, 6.45) is 2.72. The number of carbonyl (C=O) groups excluding carboxylic acids is 1. The molecule has 2 saturated heterocycles. The molecule has 5 rings (SSSR count). The molecule has 3 heterocycles. The maximum atomic E-state index is 13.2. The summed E-state index contributed by atoms with van der Waals surface area (Å²) in [6, 6.07) is 11.2.